The van der Waals surface area contributed by atoms with E-state index in [-0.39, 0.29) is 5.91 Å². The van der Waals surface area contributed by atoms with Crippen molar-refractivity contribution in [3.63, 3.8) is 0 Å². The molecular weight excluding hydrogens is 458 g/mol. The van der Waals surface area contributed by atoms with Crippen molar-refractivity contribution in [3.05, 3.63) is 113 Å². The Morgan fingerprint density at radius 3 is 2.57 bits per heavy atom. The predicted molar refractivity (Wildman–Crippen MR) is 140 cm³/mol. The van der Waals surface area contributed by atoms with Gasteiger partial charge in [0, 0.05) is 34.9 Å². The molecule has 2 heterocycles. The first-order valence-electron chi connectivity index (χ1n) is 11.1. The number of carbonyl (C=O) groups excluding carboxylic acids is 1. The third-order valence-corrected chi connectivity index (χ3v) is 5.81. The van der Waals surface area contributed by atoms with E-state index in [1.807, 2.05) is 67.6 Å². The summed E-state index contributed by atoms with van der Waals surface area (Å²) in [4.78, 5) is 26.7. The quantitative estimate of drug-likeness (QED) is 0.297. The smallest absolute Gasteiger partial charge is 0.253 e. The monoisotopic (exact) mass is 479 g/mol. The van der Waals surface area contributed by atoms with Crippen LogP contribution in [-0.4, -0.2) is 20.9 Å². The first-order chi connectivity index (χ1) is 17.1. The molecule has 0 aliphatic rings. The van der Waals surface area contributed by atoms with Crippen LogP contribution in [0.1, 0.15) is 21.5 Å². The van der Waals surface area contributed by atoms with Crippen LogP contribution in [0.2, 0.25) is 5.02 Å². The molecule has 7 heteroatoms. The number of fused-ring (bicyclic) bond motifs is 1. The molecule has 0 bridgehead atoms. The maximum absolute atomic E-state index is 13.1. The fraction of sp³-hybridized carbons (Fsp3) is 0.0714. The van der Waals surface area contributed by atoms with Crippen LogP contribution in [0.25, 0.3) is 22.3 Å². The highest BCUT2D eigenvalue weighted by molar-refractivity contribution is 6.31. The van der Waals surface area contributed by atoms with Gasteiger partial charge in [-0.05, 0) is 55.0 Å². The molecule has 3 aromatic carbocycles. The number of pyridine rings is 1. The van der Waals surface area contributed by atoms with Crippen LogP contribution in [0.3, 0.4) is 0 Å². The summed E-state index contributed by atoms with van der Waals surface area (Å²) in [5, 5.41) is 7.73. The van der Waals surface area contributed by atoms with Crippen molar-refractivity contribution in [2.45, 2.75) is 13.5 Å². The van der Waals surface area contributed by atoms with Gasteiger partial charge in [-0.2, -0.15) is 0 Å². The average molecular weight is 480 g/mol. The average Bonchev–Trinajstić information content (AvgIpc) is 2.88. The molecule has 0 aliphatic carbocycles. The second-order valence-corrected chi connectivity index (χ2v) is 8.57. The van der Waals surface area contributed by atoms with Crippen molar-refractivity contribution in [2.24, 2.45) is 0 Å². The molecule has 5 aromatic rings. The van der Waals surface area contributed by atoms with E-state index in [1.165, 1.54) is 5.56 Å². The summed E-state index contributed by atoms with van der Waals surface area (Å²) < 4.78 is 0. The summed E-state index contributed by atoms with van der Waals surface area (Å²) in [6.45, 7) is 2.47. The molecule has 5 rings (SSSR count). The number of para-hydroxylation sites is 1. The summed E-state index contributed by atoms with van der Waals surface area (Å²) in [5.74, 6) is 0.906. The maximum Gasteiger partial charge on any atom is 0.253 e. The molecule has 35 heavy (non-hydrogen) atoms. The zero-order chi connectivity index (χ0) is 24.2. The van der Waals surface area contributed by atoms with E-state index in [0.717, 1.165) is 16.5 Å². The van der Waals surface area contributed by atoms with E-state index >= 15 is 0 Å². The number of halogens is 1. The molecule has 1 amide bonds. The lowest BCUT2D eigenvalue weighted by molar-refractivity contribution is 0.0951. The Bertz CT molecular complexity index is 1500. The second-order valence-electron chi connectivity index (χ2n) is 8.14. The van der Waals surface area contributed by atoms with E-state index in [2.05, 4.69) is 20.6 Å². The van der Waals surface area contributed by atoms with E-state index in [4.69, 9.17) is 16.6 Å². The number of hydrogen-bond donors (Lipinski definition) is 2. The molecule has 2 N–H and O–H groups in total. The van der Waals surface area contributed by atoms with E-state index in [1.54, 1.807) is 30.6 Å². The summed E-state index contributed by atoms with van der Waals surface area (Å²) in [7, 11) is 0. The van der Waals surface area contributed by atoms with Crippen LogP contribution < -0.4 is 10.6 Å². The maximum atomic E-state index is 13.1. The highest BCUT2D eigenvalue weighted by Gasteiger charge is 2.15. The molecule has 0 saturated carbocycles. The van der Waals surface area contributed by atoms with Crippen LogP contribution in [0, 0.1) is 6.92 Å². The number of aryl methyl sites for hydroxylation is 1. The Morgan fingerprint density at radius 2 is 1.77 bits per heavy atom. The lowest BCUT2D eigenvalue weighted by Crippen LogP contribution is -2.23. The Morgan fingerprint density at radius 1 is 0.943 bits per heavy atom. The largest absolute Gasteiger partial charge is 0.348 e. The van der Waals surface area contributed by atoms with Crippen molar-refractivity contribution in [1.29, 1.82) is 0 Å². The number of nitrogens with zero attached hydrogens (tertiary/aromatic N) is 3. The Hall–Kier alpha value is -4.29. The van der Waals surface area contributed by atoms with Gasteiger partial charge >= 0.3 is 0 Å². The number of hydrogen-bond acceptors (Lipinski definition) is 5. The summed E-state index contributed by atoms with van der Waals surface area (Å²) in [6.07, 6.45) is 3.41. The molecular formula is C28H22ClN5O. The van der Waals surface area contributed by atoms with Crippen molar-refractivity contribution in [1.82, 2.24) is 20.3 Å². The van der Waals surface area contributed by atoms with Crippen LogP contribution >= 0.6 is 11.6 Å². The minimum absolute atomic E-state index is 0.178. The van der Waals surface area contributed by atoms with Gasteiger partial charge in [0.25, 0.3) is 5.91 Å². The molecule has 0 aliphatic heterocycles. The number of amides is 1. The van der Waals surface area contributed by atoms with Gasteiger partial charge in [-0.3, -0.25) is 9.78 Å². The molecule has 0 fully saturated rings. The first kappa shape index (κ1) is 22.5. The molecule has 0 saturated heterocycles. The standard InChI is InChI=1S/C28H22ClN5O/c1-18-8-10-19(11-9-18)16-31-28(35)23-6-2-3-7-24(23)32-27-22-13-12-21(29)15-25(22)33-26(34-27)20-5-4-14-30-17-20/h2-15,17H,16H2,1H3,(H,31,35)(H,32,33,34). The zero-order valence-corrected chi connectivity index (χ0v) is 19.8. The topological polar surface area (TPSA) is 79.8 Å². The number of anilines is 2. The van der Waals surface area contributed by atoms with Gasteiger partial charge in [0.15, 0.2) is 5.82 Å². The second kappa shape index (κ2) is 9.91. The Kier molecular flexibility index (Phi) is 6.37. The fourth-order valence-electron chi connectivity index (χ4n) is 3.72. The molecule has 0 unspecified atom stereocenters. The van der Waals surface area contributed by atoms with Crippen LogP contribution in [0.4, 0.5) is 11.5 Å². The van der Waals surface area contributed by atoms with Gasteiger partial charge in [-0.15, -0.1) is 0 Å². The number of aromatic nitrogens is 3. The third-order valence-electron chi connectivity index (χ3n) is 5.58. The van der Waals surface area contributed by atoms with Crippen molar-refractivity contribution < 1.29 is 4.79 Å². The van der Waals surface area contributed by atoms with Crippen LogP contribution in [0.15, 0.2) is 91.3 Å². The molecule has 2 aromatic heterocycles. The Balaban J connectivity index is 1.48. The van der Waals surface area contributed by atoms with Crippen molar-refractivity contribution in [2.75, 3.05) is 5.32 Å². The van der Waals surface area contributed by atoms with Gasteiger partial charge in [-0.25, -0.2) is 9.97 Å². The zero-order valence-electron chi connectivity index (χ0n) is 19.0. The highest BCUT2D eigenvalue weighted by Crippen LogP contribution is 2.30. The van der Waals surface area contributed by atoms with E-state index in [9.17, 15) is 4.79 Å². The number of rotatable bonds is 6. The summed E-state index contributed by atoms with van der Waals surface area (Å²) >= 11 is 6.24. The van der Waals surface area contributed by atoms with Crippen LogP contribution in [-0.2, 0) is 6.54 Å². The van der Waals surface area contributed by atoms with Crippen molar-refractivity contribution >= 4 is 39.9 Å². The summed E-state index contributed by atoms with van der Waals surface area (Å²) in [5.41, 5.74) is 4.84. The SMILES string of the molecule is Cc1ccc(CNC(=O)c2ccccc2Nc2nc(-c3cccnc3)nc3cc(Cl)ccc23)cc1. The summed E-state index contributed by atoms with van der Waals surface area (Å²) in [6, 6.07) is 24.6. The number of carbonyl (C=O) groups is 1. The fourth-order valence-corrected chi connectivity index (χ4v) is 3.89. The van der Waals surface area contributed by atoms with Gasteiger partial charge in [0.1, 0.15) is 5.82 Å². The van der Waals surface area contributed by atoms with Crippen LogP contribution in [0.5, 0.6) is 0 Å². The molecule has 6 nitrogen and oxygen atoms in total. The lowest BCUT2D eigenvalue weighted by atomic mass is 10.1. The number of nitrogens with one attached hydrogen (secondary N) is 2. The van der Waals surface area contributed by atoms with Gasteiger partial charge in [0.2, 0.25) is 0 Å². The highest BCUT2D eigenvalue weighted by atomic mass is 35.5. The third kappa shape index (κ3) is 5.13. The van der Waals surface area contributed by atoms with Crippen molar-refractivity contribution in [3.8, 4) is 11.4 Å². The normalized spacial score (nSPS) is 10.8. The molecule has 172 valence electrons. The minimum Gasteiger partial charge on any atom is -0.348 e. The van der Waals surface area contributed by atoms with Gasteiger partial charge < -0.3 is 10.6 Å². The Labute approximate surface area is 208 Å². The molecule has 0 spiro atoms. The van der Waals surface area contributed by atoms with E-state index < -0.39 is 0 Å². The predicted octanol–water partition coefficient (Wildman–Crippen LogP) is 6.33. The van der Waals surface area contributed by atoms with E-state index in [0.29, 0.717) is 40.0 Å². The number of benzene rings is 3. The lowest BCUT2D eigenvalue weighted by Gasteiger charge is -2.14. The van der Waals surface area contributed by atoms with Gasteiger partial charge in [-0.1, -0.05) is 53.6 Å². The van der Waals surface area contributed by atoms with Gasteiger partial charge in [0.05, 0.1) is 16.8 Å². The molecule has 0 radical (unpaired) electrons. The molecule has 0 atom stereocenters. The minimum atomic E-state index is -0.178. The first-order valence-corrected chi connectivity index (χ1v) is 11.5.